The van der Waals surface area contributed by atoms with Crippen LogP contribution in [-0.2, 0) is 0 Å². The number of imidazole rings is 1. The monoisotopic (exact) mass is 253 g/mol. The number of halogens is 1. The highest BCUT2D eigenvalue weighted by atomic mass is 35.5. The summed E-state index contributed by atoms with van der Waals surface area (Å²) in [4.78, 5) is 24.5. The molecule has 6 nitrogen and oxygen atoms in total. The molecule has 0 atom stereocenters. The predicted molar refractivity (Wildman–Crippen MR) is 65.4 cm³/mol. The molecule has 0 unspecified atom stereocenters. The maximum absolute atomic E-state index is 11.2. The Morgan fingerprint density at radius 2 is 2.18 bits per heavy atom. The maximum Gasteiger partial charge on any atom is 0.325 e. The van der Waals surface area contributed by atoms with Crippen LogP contribution in [-0.4, -0.2) is 26.5 Å². The molecular weight excluding hydrogens is 242 g/mol. The van der Waals surface area contributed by atoms with Gasteiger partial charge < -0.3 is 10.3 Å². The van der Waals surface area contributed by atoms with Crippen LogP contribution in [0, 0.1) is 5.41 Å². The summed E-state index contributed by atoms with van der Waals surface area (Å²) in [7, 11) is 0. The zero-order valence-corrected chi connectivity index (χ0v) is 10.1. The molecule has 0 amide bonds. The summed E-state index contributed by atoms with van der Waals surface area (Å²) in [5, 5.41) is 3.34. The largest absolute Gasteiger partial charge is 0.368 e. The molecule has 7 heteroatoms. The van der Waals surface area contributed by atoms with Gasteiger partial charge in [-0.1, -0.05) is 6.92 Å². The molecule has 2 heterocycles. The second kappa shape index (κ2) is 3.46. The Labute approximate surface area is 102 Å². The van der Waals surface area contributed by atoms with Crippen molar-refractivity contribution in [1.29, 1.82) is 0 Å². The van der Waals surface area contributed by atoms with E-state index in [9.17, 15) is 4.79 Å². The van der Waals surface area contributed by atoms with E-state index in [1.165, 1.54) is 12.8 Å². The van der Waals surface area contributed by atoms with Gasteiger partial charge in [-0.3, -0.25) is 4.98 Å². The molecule has 0 spiro atoms. The van der Waals surface area contributed by atoms with Gasteiger partial charge in [0.1, 0.15) is 5.52 Å². The molecule has 1 fully saturated rings. The van der Waals surface area contributed by atoms with Crippen molar-refractivity contribution in [3.63, 3.8) is 0 Å². The first-order valence-corrected chi connectivity index (χ1v) is 5.83. The lowest BCUT2D eigenvalue weighted by atomic mass is 10.1. The normalized spacial score (nSPS) is 17.3. The van der Waals surface area contributed by atoms with E-state index in [0.29, 0.717) is 22.4 Å². The molecule has 2 aromatic rings. The van der Waals surface area contributed by atoms with Gasteiger partial charge in [0.05, 0.1) is 0 Å². The van der Waals surface area contributed by atoms with Crippen LogP contribution >= 0.6 is 11.6 Å². The number of aromatic nitrogens is 4. The number of hydrogen-bond donors (Lipinski definition) is 3. The molecule has 0 aliphatic heterocycles. The average Bonchev–Trinajstić information content (AvgIpc) is 2.86. The molecule has 0 aromatic carbocycles. The highest BCUT2D eigenvalue weighted by Gasteiger charge is 2.37. The summed E-state index contributed by atoms with van der Waals surface area (Å²) in [6, 6.07) is 0. The van der Waals surface area contributed by atoms with Crippen molar-refractivity contribution >= 4 is 28.6 Å². The van der Waals surface area contributed by atoms with E-state index in [2.05, 4.69) is 32.2 Å². The molecule has 3 N–H and O–H groups in total. The molecule has 2 aromatic heterocycles. The molecule has 90 valence electrons. The first-order valence-electron chi connectivity index (χ1n) is 5.45. The zero-order valence-electron chi connectivity index (χ0n) is 9.30. The van der Waals surface area contributed by atoms with Gasteiger partial charge in [0, 0.05) is 6.54 Å². The fourth-order valence-electron chi connectivity index (χ4n) is 1.71. The number of rotatable bonds is 3. The van der Waals surface area contributed by atoms with E-state index >= 15 is 0 Å². The van der Waals surface area contributed by atoms with Gasteiger partial charge in [-0.2, -0.15) is 9.97 Å². The van der Waals surface area contributed by atoms with Gasteiger partial charge in [0.25, 0.3) is 0 Å². The van der Waals surface area contributed by atoms with Crippen LogP contribution in [0.5, 0.6) is 0 Å². The van der Waals surface area contributed by atoms with Crippen molar-refractivity contribution in [3.8, 4) is 0 Å². The van der Waals surface area contributed by atoms with Crippen molar-refractivity contribution in [2.75, 3.05) is 11.9 Å². The third-order valence-corrected chi connectivity index (χ3v) is 3.31. The highest BCUT2D eigenvalue weighted by molar-refractivity contribution is 6.28. The number of aromatic amines is 2. The molecule has 1 aliphatic carbocycles. The zero-order chi connectivity index (χ0) is 12.0. The minimum Gasteiger partial charge on any atom is -0.368 e. The van der Waals surface area contributed by atoms with Gasteiger partial charge in [0.15, 0.2) is 11.5 Å². The van der Waals surface area contributed by atoms with Gasteiger partial charge in [-0.15, -0.1) is 0 Å². The van der Waals surface area contributed by atoms with Crippen LogP contribution in [0.25, 0.3) is 11.2 Å². The second-order valence-corrected chi connectivity index (χ2v) is 5.15. The Hall–Kier alpha value is -1.56. The molecule has 17 heavy (non-hydrogen) atoms. The van der Waals surface area contributed by atoms with Crippen LogP contribution in [0.2, 0.25) is 5.28 Å². The summed E-state index contributed by atoms with van der Waals surface area (Å²) in [5.41, 5.74) is 1.04. The van der Waals surface area contributed by atoms with E-state index in [-0.39, 0.29) is 11.0 Å². The van der Waals surface area contributed by atoms with Crippen LogP contribution in [0.3, 0.4) is 0 Å². The quantitative estimate of drug-likeness (QED) is 0.724. The van der Waals surface area contributed by atoms with Crippen molar-refractivity contribution in [1.82, 2.24) is 19.9 Å². The van der Waals surface area contributed by atoms with Crippen molar-refractivity contribution in [2.45, 2.75) is 19.8 Å². The Balaban J connectivity index is 1.98. The average molecular weight is 254 g/mol. The minimum absolute atomic E-state index is 0.121. The summed E-state index contributed by atoms with van der Waals surface area (Å²) in [6.07, 6.45) is 2.43. The minimum atomic E-state index is -0.308. The highest BCUT2D eigenvalue weighted by Crippen LogP contribution is 2.44. The topological polar surface area (TPSA) is 86.5 Å². The number of hydrogen-bond acceptors (Lipinski definition) is 4. The van der Waals surface area contributed by atoms with Crippen LogP contribution in [0.4, 0.5) is 5.82 Å². The van der Waals surface area contributed by atoms with E-state index in [4.69, 9.17) is 11.6 Å². The number of nitrogens with one attached hydrogen (secondary N) is 3. The molecule has 0 bridgehead atoms. The summed E-state index contributed by atoms with van der Waals surface area (Å²) in [6.45, 7) is 3.03. The van der Waals surface area contributed by atoms with Crippen molar-refractivity contribution in [3.05, 3.63) is 15.8 Å². The first kappa shape index (κ1) is 10.6. The molecule has 3 rings (SSSR count). The number of nitrogens with zero attached hydrogens (tertiary/aromatic N) is 2. The van der Waals surface area contributed by atoms with E-state index in [1.54, 1.807) is 0 Å². The van der Waals surface area contributed by atoms with Crippen LogP contribution in [0.1, 0.15) is 19.8 Å². The van der Waals surface area contributed by atoms with Gasteiger partial charge in [-0.25, -0.2) is 4.79 Å². The number of anilines is 1. The summed E-state index contributed by atoms with van der Waals surface area (Å²) < 4.78 is 0. The van der Waals surface area contributed by atoms with E-state index in [0.717, 1.165) is 6.54 Å². The van der Waals surface area contributed by atoms with Crippen LogP contribution < -0.4 is 11.0 Å². The summed E-state index contributed by atoms with van der Waals surface area (Å²) >= 11 is 5.80. The lowest BCUT2D eigenvalue weighted by Gasteiger charge is -2.10. The van der Waals surface area contributed by atoms with Crippen molar-refractivity contribution < 1.29 is 0 Å². The molecule has 0 radical (unpaired) electrons. The smallest absolute Gasteiger partial charge is 0.325 e. The lowest BCUT2D eigenvalue weighted by molar-refractivity contribution is 0.609. The predicted octanol–water partition coefficient (Wildman–Crippen LogP) is 1.51. The number of H-pyrrole nitrogens is 2. The molecule has 0 saturated heterocycles. The molecule has 1 aliphatic rings. The van der Waals surface area contributed by atoms with Gasteiger partial charge in [-0.05, 0) is 29.9 Å². The maximum atomic E-state index is 11.2. The Bertz CT molecular complexity index is 627. The Morgan fingerprint density at radius 3 is 2.88 bits per heavy atom. The van der Waals surface area contributed by atoms with Crippen molar-refractivity contribution in [2.24, 2.45) is 5.41 Å². The number of fused-ring (bicyclic) bond motifs is 1. The fourth-order valence-corrected chi connectivity index (χ4v) is 1.88. The standard InChI is InChI=1S/C10H12ClN5O/c1-10(2-3-10)4-12-6-5-7(15-8(11)14-6)16-9(17)13-5/h2-4H2,1H3,(H3,12,13,14,15,16,17). The third-order valence-electron chi connectivity index (χ3n) is 3.14. The SMILES string of the molecule is CC1(CNc2nc(Cl)nc3[nH]c(=O)[nH]c23)CC1. The Kier molecular flexibility index (Phi) is 2.16. The fraction of sp³-hybridized carbons (Fsp3) is 0.500. The third kappa shape index (κ3) is 2.00. The second-order valence-electron chi connectivity index (χ2n) is 4.81. The van der Waals surface area contributed by atoms with Crippen LogP contribution in [0.15, 0.2) is 4.79 Å². The van der Waals surface area contributed by atoms with E-state index in [1.807, 2.05) is 0 Å². The first-order chi connectivity index (χ1) is 8.06. The lowest BCUT2D eigenvalue weighted by Crippen LogP contribution is -2.13. The van der Waals surface area contributed by atoms with Gasteiger partial charge >= 0.3 is 5.69 Å². The molecular formula is C10H12ClN5O. The van der Waals surface area contributed by atoms with Gasteiger partial charge in [0.2, 0.25) is 5.28 Å². The van der Waals surface area contributed by atoms with E-state index < -0.39 is 0 Å². The molecule has 1 saturated carbocycles. The Morgan fingerprint density at radius 1 is 1.41 bits per heavy atom. The summed E-state index contributed by atoms with van der Waals surface area (Å²) in [5.74, 6) is 0.575.